The molecule has 2 atom stereocenters. The maximum atomic E-state index is 13.8. The molecule has 0 spiro atoms. The second kappa shape index (κ2) is 7.96. The van der Waals surface area contributed by atoms with Crippen molar-refractivity contribution in [1.82, 2.24) is 15.2 Å². The van der Waals surface area contributed by atoms with Gasteiger partial charge in [-0.2, -0.15) is 4.39 Å². The van der Waals surface area contributed by atoms with E-state index < -0.39 is 29.2 Å². The molecule has 27 heavy (non-hydrogen) atoms. The first-order valence-corrected chi connectivity index (χ1v) is 8.72. The van der Waals surface area contributed by atoms with Gasteiger partial charge in [0.05, 0.1) is 23.9 Å². The van der Waals surface area contributed by atoms with E-state index in [2.05, 4.69) is 15.6 Å². The van der Waals surface area contributed by atoms with Crippen molar-refractivity contribution in [3.63, 3.8) is 0 Å². The molecule has 0 fully saturated rings. The van der Waals surface area contributed by atoms with Crippen LogP contribution in [0.4, 0.5) is 14.5 Å². The standard InChI is InChI=1S/C18H19ClF2N4O2/c1-10-15(5-6-16(22-10)27-2)23-18-24-17(26)14(21)9-25(18)8-11-3-4-13(20)12(19)7-11/h3-6,9,12,18,23H,7-8H2,1-2H3,(H,24,26). The van der Waals surface area contributed by atoms with Crippen LogP contribution < -0.4 is 15.4 Å². The quantitative estimate of drug-likeness (QED) is 0.748. The van der Waals surface area contributed by atoms with Gasteiger partial charge >= 0.3 is 0 Å². The van der Waals surface area contributed by atoms with Crippen molar-refractivity contribution in [2.45, 2.75) is 25.0 Å². The number of carbonyl (C=O) groups excluding carboxylic acids is 1. The van der Waals surface area contributed by atoms with Gasteiger partial charge in [0, 0.05) is 18.8 Å². The van der Waals surface area contributed by atoms with Crippen LogP contribution in [0, 0.1) is 6.92 Å². The number of aromatic nitrogens is 1. The number of allylic oxidation sites excluding steroid dienone is 3. The number of nitrogens with zero attached hydrogens (tertiary/aromatic N) is 2. The number of methoxy groups -OCH3 is 1. The summed E-state index contributed by atoms with van der Waals surface area (Å²) in [6.07, 6.45) is 3.64. The maximum absolute atomic E-state index is 13.8. The number of hydrogen-bond donors (Lipinski definition) is 2. The van der Waals surface area contributed by atoms with Crippen LogP contribution in [0.5, 0.6) is 5.88 Å². The zero-order valence-corrected chi connectivity index (χ0v) is 15.6. The summed E-state index contributed by atoms with van der Waals surface area (Å²) in [5.41, 5.74) is 2.12. The minimum absolute atomic E-state index is 0.265. The van der Waals surface area contributed by atoms with Crippen molar-refractivity contribution >= 4 is 23.2 Å². The summed E-state index contributed by atoms with van der Waals surface area (Å²) in [7, 11) is 1.52. The molecule has 1 amide bonds. The molecule has 0 bridgehead atoms. The van der Waals surface area contributed by atoms with Crippen molar-refractivity contribution in [2.24, 2.45) is 0 Å². The summed E-state index contributed by atoms with van der Waals surface area (Å²) in [6.45, 7) is 2.05. The molecule has 1 aromatic rings. The van der Waals surface area contributed by atoms with Crippen LogP contribution in [0.2, 0.25) is 0 Å². The lowest BCUT2D eigenvalue weighted by Gasteiger charge is -2.36. The largest absolute Gasteiger partial charge is 0.481 e. The number of anilines is 1. The average Bonchev–Trinajstić information content (AvgIpc) is 2.64. The molecular weight excluding hydrogens is 378 g/mol. The number of alkyl halides is 1. The first-order valence-electron chi connectivity index (χ1n) is 8.28. The Bertz CT molecular complexity index is 841. The second-order valence-corrected chi connectivity index (χ2v) is 6.73. The number of nitrogens with one attached hydrogen (secondary N) is 2. The smallest absolute Gasteiger partial charge is 0.284 e. The molecule has 2 heterocycles. The minimum Gasteiger partial charge on any atom is -0.481 e. The molecule has 9 heteroatoms. The molecule has 2 N–H and O–H groups in total. The van der Waals surface area contributed by atoms with Crippen molar-refractivity contribution < 1.29 is 18.3 Å². The molecule has 144 valence electrons. The zero-order valence-electron chi connectivity index (χ0n) is 14.8. The van der Waals surface area contributed by atoms with Gasteiger partial charge in [-0.25, -0.2) is 9.37 Å². The summed E-state index contributed by atoms with van der Waals surface area (Å²) in [5, 5.41) is 4.94. The van der Waals surface area contributed by atoms with E-state index in [-0.39, 0.29) is 6.54 Å². The summed E-state index contributed by atoms with van der Waals surface area (Å²) < 4.78 is 32.3. The predicted molar refractivity (Wildman–Crippen MR) is 98.5 cm³/mol. The monoisotopic (exact) mass is 396 g/mol. The van der Waals surface area contributed by atoms with E-state index in [0.717, 1.165) is 11.8 Å². The Morgan fingerprint density at radius 3 is 2.85 bits per heavy atom. The normalized spacial score (nSPS) is 22.5. The van der Waals surface area contributed by atoms with Crippen LogP contribution >= 0.6 is 11.6 Å². The van der Waals surface area contributed by atoms with Gasteiger partial charge in [-0.05, 0) is 31.1 Å². The van der Waals surface area contributed by atoms with Crippen LogP contribution in [-0.4, -0.2) is 41.1 Å². The van der Waals surface area contributed by atoms with E-state index in [1.54, 1.807) is 30.0 Å². The average molecular weight is 397 g/mol. The SMILES string of the molecule is COc1ccc(NC2NC(=O)C(F)=CN2CC2=CC=C(F)C(Cl)C2)c(C)n1. The third-order valence-electron chi connectivity index (χ3n) is 4.26. The van der Waals surface area contributed by atoms with Crippen LogP contribution in [-0.2, 0) is 4.79 Å². The fraction of sp³-hybridized carbons (Fsp3) is 0.333. The number of amides is 1. The summed E-state index contributed by atoms with van der Waals surface area (Å²) in [4.78, 5) is 17.6. The van der Waals surface area contributed by atoms with Gasteiger partial charge in [0.1, 0.15) is 5.83 Å². The first kappa shape index (κ1) is 19.2. The third kappa shape index (κ3) is 4.39. The Kier molecular flexibility index (Phi) is 5.65. The molecule has 0 saturated heterocycles. The molecule has 0 saturated carbocycles. The summed E-state index contributed by atoms with van der Waals surface area (Å²) in [6, 6.07) is 3.43. The van der Waals surface area contributed by atoms with E-state index >= 15 is 0 Å². The highest BCUT2D eigenvalue weighted by atomic mass is 35.5. The lowest BCUT2D eigenvalue weighted by molar-refractivity contribution is -0.121. The van der Waals surface area contributed by atoms with Crippen molar-refractivity contribution in [3.05, 3.63) is 53.4 Å². The molecule has 6 nitrogen and oxygen atoms in total. The van der Waals surface area contributed by atoms with Gasteiger partial charge in [-0.1, -0.05) is 6.08 Å². The van der Waals surface area contributed by atoms with E-state index in [0.29, 0.717) is 23.7 Å². The van der Waals surface area contributed by atoms with Gasteiger partial charge in [0.25, 0.3) is 5.91 Å². The van der Waals surface area contributed by atoms with Gasteiger partial charge in [-0.15, -0.1) is 11.6 Å². The van der Waals surface area contributed by atoms with Crippen molar-refractivity contribution in [1.29, 1.82) is 0 Å². The molecule has 2 aliphatic rings. The Morgan fingerprint density at radius 2 is 2.19 bits per heavy atom. The number of carbonyl (C=O) groups is 1. The van der Waals surface area contributed by atoms with Crippen LogP contribution in [0.1, 0.15) is 12.1 Å². The molecule has 1 aromatic heterocycles. The van der Waals surface area contributed by atoms with E-state index in [9.17, 15) is 13.6 Å². The number of hydrogen-bond acceptors (Lipinski definition) is 5. The summed E-state index contributed by atoms with van der Waals surface area (Å²) >= 11 is 5.95. The Labute approximate surface area is 160 Å². The second-order valence-electron chi connectivity index (χ2n) is 6.20. The number of ether oxygens (including phenoxy) is 1. The van der Waals surface area contributed by atoms with Gasteiger partial charge in [0.2, 0.25) is 11.7 Å². The van der Waals surface area contributed by atoms with Gasteiger partial charge in [0.15, 0.2) is 6.29 Å². The van der Waals surface area contributed by atoms with Gasteiger partial charge < -0.3 is 20.3 Å². The summed E-state index contributed by atoms with van der Waals surface area (Å²) in [5.74, 6) is -1.66. The molecule has 0 radical (unpaired) electrons. The van der Waals surface area contributed by atoms with E-state index in [1.807, 2.05) is 0 Å². The Balaban J connectivity index is 1.81. The molecule has 3 rings (SSSR count). The molecule has 1 aliphatic heterocycles. The Hall–Kier alpha value is -2.61. The van der Waals surface area contributed by atoms with Crippen molar-refractivity contribution in [2.75, 3.05) is 19.0 Å². The highest BCUT2D eigenvalue weighted by Crippen LogP contribution is 2.27. The fourth-order valence-corrected chi connectivity index (χ4v) is 3.08. The molecule has 1 aliphatic carbocycles. The molecule has 0 aromatic carbocycles. The first-order chi connectivity index (χ1) is 12.9. The van der Waals surface area contributed by atoms with Crippen LogP contribution in [0.15, 0.2) is 47.7 Å². The minimum atomic E-state index is -0.904. The Morgan fingerprint density at radius 1 is 1.41 bits per heavy atom. The maximum Gasteiger partial charge on any atom is 0.284 e. The number of halogens is 3. The molecular formula is C18H19ClF2N4O2. The topological polar surface area (TPSA) is 66.5 Å². The van der Waals surface area contributed by atoms with E-state index in [1.165, 1.54) is 13.2 Å². The highest BCUT2D eigenvalue weighted by Gasteiger charge is 2.29. The molecule has 2 unspecified atom stereocenters. The van der Waals surface area contributed by atoms with E-state index in [4.69, 9.17) is 16.3 Å². The van der Waals surface area contributed by atoms with Crippen molar-refractivity contribution in [3.8, 4) is 5.88 Å². The third-order valence-corrected chi connectivity index (χ3v) is 4.62. The predicted octanol–water partition coefficient (Wildman–Crippen LogP) is 3.13. The highest BCUT2D eigenvalue weighted by molar-refractivity contribution is 6.22. The van der Waals surface area contributed by atoms with Crippen LogP contribution in [0.25, 0.3) is 0 Å². The zero-order chi connectivity index (χ0) is 19.6. The number of aryl methyl sites for hydroxylation is 1. The number of pyridine rings is 1. The van der Waals surface area contributed by atoms with Crippen LogP contribution in [0.3, 0.4) is 0 Å². The lowest BCUT2D eigenvalue weighted by Crippen LogP contribution is -2.54. The fourth-order valence-electron chi connectivity index (χ4n) is 2.81. The lowest BCUT2D eigenvalue weighted by atomic mass is 10.0. The van der Waals surface area contributed by atoms with Gasteiger partial charge in [-0.3, -0.25) is 4.79 Å². The number of rotatable bonds is 5.